The molecule has 6 heterocycles. The highest BCUT2D eigenvalue weighted by Gasteiger charge is 2.58. The number of carbonyl (C=O) groups excluding carboxylic acids is 4. The number of aliphatic hydroxyl groups excluding tert-OH is 12. The van der Waals surface area contributed by atoms with E-state index in [1.165, 1.54) is 30.6 Å². The molecule has 22 N–H and O–H groups in total. The van der Waals surface area contributed by atoms with Gasteiger partial charge in [0.1, 0.15) is 109 Å². The molecule has 1 aromatic carbocycles. The molecule has 5 unspecified atom stereocenters. The summed E-state index contributed by atoms with van der Waals surface area (Å²) in [5.74, 6) is -5.39. The fourth-order valence-corrected chi connectivity index (χ4v) is 10.5. The number of hydrogen-bond acceptors (Lipinski definition) is 26. The Morgan fingerprint density at radius 3 is 2.10 bits per heavy atom. The Balaban J connectivity index is 1.22. The second kappa shape index (κ2) is 26.6. The molecule has 3 amide bonds. The maximum Gasteiger partial charge on any atom is 0.250 e. The molecule has 6 aliphatic heterocycles. The summed E-state index contributed by atoms with van der Waals surface area (Å²) >= 11 is 0. The van der Waals surface area contributed by atoms with Crippen LogP contribution in [0.5, 0.6) is 5.75 Å². The van der Waals surface area contributed by atoms with Crippen LogP contribution in [-0.4, -0.2) is 298 Å². The molecule has 0 aromatic heterocycles. The van der Waals surface area contributed by atoms with E-state index in [1.54, 1.807) is 0 Å². The van der Waals surface area contributed by atoms with Crippen molar-refractivity contribution in [1.82, 2.24) is 36.4 Å². The summed E-state index contributed by atoms with van der Waals surface area (Å²) in [4.78, 5) is 58.1. The van der Waals surface area contributed by atoms with Crippen LogP contribution in [0.2, 0.25) is 0 Å². The number of nitrogens with zero attached hydrogens (tertiary/aromatic N) is 2. The highest BCUT2D eigenvalue weighted by atomic mass is 16.8. The number of phenolic OH excluding ortho intramolecular Hbond substituents is 1. The van der Waals surface area contributed by atoms with Crippen LogP contribution >= 0.6 is 0 Å². The van der Waals surface area contributed by atoms with Crippen molar-refractivity contribution < 1.29 is 114 Å². The lowest BCUT2D eigenvalue weighted by molar-refractivity contribution is -0.381. The van der Waals surface area contributed by atoms with E-state index in [0.717, 1.165) is 4.90 Å². The van der Waals surface area contributed by atoms with E-state index in [-0.39, 0.29) is 41.6 Å². The average Bonchev–Trinajstić information content (AvgIpc) is 4.30. The Morgan fingerprint density at radius 2 is 1.49 bits per heavy atom. The van der Waals surface area contributed by atoms with Gasteiger partial charge >= 0.3 is 0 Å². The Hall–Kier alpha value is -5.12. The van der Waals surface area contributed by atoms with Gasteiger partial charge in [-0.1, -0.05) is 32.9 Å². The maximum atomic E-state index is 15.5. The Bertz CT molecular complexity index is 2340. The van der Waals surface area contributed by atoms with E-state index in [4.69, 9.17) is 45.0 Å². The SMILES string of the molecule is CC(C)(C)CC1OC[C@H]2O[C@H](O[C@H]3[C@H](O)[C@H](O)[C@@H](N(C(=O)[C@H](NC(=O)[C@@H](NC(=O)[C@H](N)Cc4ccc(O)cc4)C(O)C4CNC(=N)N4)C(O)C4CNC(=N)N4[C@H]4O[C@H](CO)[C@@H](O)[C@H](O)[C@@H]4O)[C@H]([C]=O)CO)O[C@@H]3CO)[C@@H](O)[C@@H](O)[C@@H]2O1. The molecule has 455 valence electrons. The number of guanidine groups is 2. The van der Waals surface area contributed by atoms with E-state index < -0.39 is 197 Å². The normalized spacial score (nSPS) is 36.6. The van der Waals surface area contributed by atoms with Gasteiger partial charge in [-0.15, -0.1) is 0 Å². The van der Waals surface area contributed by atoms with Crippen LogP contribution in [-0.2, 0) is 54.0 Å². The van der Waals surface area contributed by atoms with Crippen LogP contribution in [0.1, 0.15) is 32.8 Å². The minimum absolute atomic E-state index is 0.101. The summed E-state index contributed by atoms with van der Waals surface area (Å²) in [6.45, 7) is 1.39. The van der Waals surface area contributed by atoms with Gasteiger partial charge in [-0.2, -0.15) is 0 Å². The zero-order valence-corrected chi connectivity index (χ0v) is 44.2. The van der Waals surface area contributed by atoms with Crippen molar-refractivity contribution in [3.63, 3.8) is 0 Å². The number of fused-ring (bicyclic) bond motifs is 1. The number of rotatable bonds is 21. The fourth-order valence-electron chi connectivity index (χ4n) is 10.5. The summed E-state index contributed by atoms with van der Waals surface area (Å²) in [5.41, 5.74) is 6.42. The first kappa shape index (κ1) is 63.5. The largest absolute Gasteiger partial charge is 0.508 e. The summed E-state index contributed by atoms with van der Waals surface area (Å²) in [5, 5.41) is 173. The van der Waals surface area contributed by atoms with Crippen molar-refractivity contribution in [2.45, 2.75) is 180 Å². The second-order valence-electron chi connectivity index (χ2n) is 21.9. The topological polar surface area (TPSA) is 527 Å². The minimum atomic E-state index is -2.60. The molecular weight excluding hydrogens is 1080 g/mol. The third-order valence-corrected chi connectivity index (χ3v) is 14.9. The molecule has 33 nitrogen and oxygen atoms in total. The number of nitrogens with one attached hydrogen (secondary N) is 7. The Kier molecular flexibility index (Phi) is 20.9. The first-order valence-electron chi connectivity index (χ1n) is 26.1. The number of aliphatic hydroxyl groups is 12. The average molecular weight is 1160 g/mol. The zero-order valence-electron chi connectivity index (χ0n) is 44.2. The van der Waals surface area contributed by atoms with Gasteiger partial charge in [-0.05, 0) is 29.5 Å². The van der Waals surface area contributed by atoms with Crippen LogP contribution in [0, 0.1) is 16.2 Å². The highest BCUT2D eigenvalue weighted by Crippen LogP contribution is 2.36. The van der Waals surface area contributed by atoms with Crippen molar-refractivity contribution in [3.05, 3.63) is 29.8 Å². The summed E-state index contributed by atoms with van der Waals surface area (Å²) in [6.07, 6.45) is -31.9. The van der Waals surface area contributed by atoms with E-state index in [1.807, 2.05) is 20.8 Å². The molecule has 7 rings (SSSR count). The number of aromatic hydroxyl groups is 1. The summed E-state index contributed by atoms with van der Waals surface area (Å²) < 4.78 is 35.1. The van der Waals surface area contributed by atoms with Gasteiger partial charge in [0, 0.05) is 19.5 Å². The Labute approximate surface area is 462 Å². The van der Waals surface area contributed by atoms with Crippen molar-refractivity contribution in [2.24, 2.45) is 11.1 Å². The number of ether oxygens (including phenoxy) is 6. The molecule has 0 bridgehead atoms. The lowest BCUT2D eigenvalue weighted by Gasteiger charge is -2.50. The fraction of sp³-hybridized carbons (Fsp3) is 0.750. The lowest BCUT2D eigenvalue weighted by atomic mass is 9.91. The molecular formula is C48H75N10O23. The van der Waals surface area contributed by atoms with Crippen LogP contribution in [0.3, 0.4) is 0 Å². The first-order chi connectivity index (χ1) is 38.2. The van der Waals surface area contributed by atoms with Gasteiger partial charge in [-0.25, -0.2) is 0 Å². The quantitative estimate of drug-likeness (QED) is 0.0543. The number of benzene rings is 1. The van der Waals surface area contributed by atoms with Crippen molar-refractivity contribution >= 4 is 35.9 Å². The number of nitrogens with two attached hydrogens (primary N) is 1. The van der Waals surface area contributed by atoms with Crippen LogP contribution in [0.15, 0.2) is 24.3 Å². The van der Waals surface area contributed by atoms with Crippen molar-refractivity contribution in [2.75, 3.05) is 39.5 Å². The molecule has 6 fully saturated rings. The lowest BCUT2D eigenvalue weighted by Crippen LogP contribution is -2.72. The number of carbonyl (C=O) groups is 3. The van der Waals surface area contributed by atoms with E-state index in [2.05, 4.69) is 26.6 Å². The molecule has 0 saturated carbocycles. The van der Waals surface area contributed by atoms with E-state index in [0.29, 0.717) is 12.0 Å². The second-order valence-corrected chi connectivity index (χ2v) is 21.9. The number of hydrogen-bond donors (Lipinski definition) is 21. The van der Waals surface area contributed by atoms with E-state index in [9.17, 15) is 80.8 Å². The smallest absolute Gasteiger partial charge is 0.250 e. The molecule has 1 aromatic rings. The van der Waals surface area contributed by atoms with Gasteiger partial charge < -0.3 is 132 Å². The third kappa shape index (κ3) is 13.9. The van der Waals surface area contributed by atoms with E-state index >= 15 is 4.79 Å². The van der Waals surface area contributed by atoms with Gasteiger partial charge in [0.15, 0.2) is 37.0 Å². The van der Waals surface area contributed by atoms with Crippen molar-refractivity contribution in [1.29, 1.82) is 10.8 Å². The van der Waals surface area contributed by atoms with Gasteiger partial charge in [0.25, 0.3) is 5.91 Å². The molecule has 0 aliphatic carbocycles. The van der Waals surface area contributed by atoms with Crippen molar-refractivity contribution in [3.8, 4) is 5.75 Å². The summed E-state index contributed by atoms with van der Waals surface area (Å²) in [7, 11) is 0. The van der Waals surface area contributed by atoms with Crippen LogP contribution in [0.4, 0.5) is 0 Å². The summed E-state index contributed by atoms with van der Waals surface area (Å²) in [6, 6.07) is -6.01. The molecule has 81 heavy (non-hydrogen) atoms. The zero-order chi connectivity index (χ0) is 59.5. The van der Waals surface area contributed by atoms with Crippen LogP contribution in [0.25, 0.3) is 0 Å². The van der Waals surface area contributed by atoms with Gasteiger partial charge in [0.2, 0.25) is 18.1 Å². The number of amides is 3. The highest BCUT2D eigenvalue weighted by molar-refractivity contribution is 5.95. The van der Waals surface area contributed by atoms with Gasteiger partial charge in [-0.3, -0.25) is 34.9 Å². The minimum Gasteiger partial charge on any atom is -0.508 e. The molecule has 6 aliphatic rings. The third-order valence-electron chi connectivity index (χ3n) is 14.9. The molecule has 6 saturated heterocycles. The number of phenols is 1. The standard InChI is InChI=1S/C48H75N10O23/c1-48(2,3)9-26-76-16-25-39(80-26)34(69)37(72)45(79-25)81-38-24(15-62)78-43(36(71)33(38)68)57(18(12-59)13-60)42(75)28(30(65)22-11-53-47(51)58(22)44-35(70)32(67)31(66)23(14-61)77-44)56-41(74)27(29(64)21-10-52-46(50)54-21)55-40(73)20(49)8-17-4-6-19(63)7-5-17/h4-7,18,20-39,43-45,59,61-72H,8-12,14-16,49H2,1-3H3,(H2,51,53)(H,55,73)(H,56,74)(H3,50,52,54)/t18-,20+,21?,22?,23+,24+,25+,26?,27-,28+,29?,30?,31+,32-,33+,34+,35-,36-,37-,38+,39+,43-,44-,45+/m0/s1. The van der Waals surface area contributed by atoms with Gasteiger partial charge in [0.05, 0.1) is 44.6 Å². The molecule has 24 atom stereocenters. The predicted octanol–water partition coefficient (Wildman–Crippen LogP) is -10.8. The molecule has 0 spiro atoms. The molecule has 33 heteroatoms. The molecule has 1 radical (unpaired) electrons. The van der Waals surface area contributed by atoms with Crippen LogP contribution < -0.4 is 32.3 Å². The Morgan fingerprint density at radius 1 is 0.827 bits per heavy atom. The predicted molar refractivity (Wildman–Crippen MR) is 269 cm³/mol. The monoisotopic (exact) mass is 1160 g/mol. The first-order valence-corrected chi connectivity index (χ1v) is 26.1. The maximum absolute atomic E-state index is 15.5.